The summed E-state index contributed by atoms with van der Waals surface area (Å²) in [4.78, 5) is 22.8. The van der Waals surface area contributed by atoms with E-state index in [-0.39, 0.29) is 24.6 Å². The molecule has 1 atom stereocenters. The quantitative estimate of drug-likeness (QED) is 0.638. The number of phenolic OH excluding ortho intramolecular Hbond substituents is 1. The Hall–Kier alpha value is -1.79. The molecule has 0 radical (unpaired) electrons. The van der Waals surface area contributed by atoms with Crippen molar-refractivity contribution in [1.82, 2.24) is 5.32 Å². The molecule has 0 heterocycles. The van der Waals surface area contributed by atoms with Crippen LogP contribution < -0.4 is 11.1 Å². The van der Waals surface area contributed by atoms with Crippen molar-refractivity contribution in [3.05, 3.63) is 29.8 Å². The van der Waals surface area contributed by atoms with Crippen LogP contribution in [0.1, 0.15) is 19.4 Å². The Labute approximate surface area is 123 Å². The summed E-state index contributed by atoms with van der Waals surface area (Å²) in [6.45, 7) is 3.00. The molecule has 1 rings (SSSR count). The van der Waals surface area contributed by atoms with Gasteiger partial charge in [0.2, 0.25) is 5.91 Å². The molecule has 0 saturated carbocycles. The zero-order valence-electron chi connectivity index (χ0n) is 11.3. The van der Waals surface area contributed by atoms with Crippen LogP contribution in [-0.4, -0.2) is 33.7 Å². The number of nitrogens with two attached hydrogens (primary N) is 1. The molecule has 0 fully saturated rings. The van der Waals surface area contributed by atoms with Gasteiger partial charge in [-0.3, -0.25) is 4.79 Å². The molecule has 0 saturated heterocycles. The number of carbonyl (C=O) groups excluding carboxylic acids is 1. The SMILES string of the molecule is CC(C)(N)C(=O)NC(Cc1ccc(O)cc1)C(=O)O.Cl. The molecule has 0 aliphatic carbocycles. The largest absolute Gasteiger partial charge is 0.508 e. The van der Waals surface area contributed by atoms with E-state index in [1.54, 1.807) is 12.1 Å². The highest BCUT2D eigenvalue weighted by molar-refractivity contribution is 5.89. The van der Waals surface area contributed by atoms with Crippen LogP contribution in [0.15, 0.2) is 24.3 Å². The Bertz CT molecular complexity index is 468. The number of amides is 1. The van der Waals surface area contributed by atoms with E-state index in [0.717, 1.165) is 0 Å². The maximum absolute atomic E-state index is 11.7. The van der Waals surface area contributed by atoms with E-state index in [2.05, 4.69) is 5.32 Å². The highest BCUT2D eigenvalue weighted by Gasteiger charge is 2.27. The first-order chi connectivity index (χ1) is 8.70. The molecule has 7 heteroatoms. The normalized spacial score (nSPS) is 12.2. The third-order valence-electron chi connectivity index (χ3n) is 2.56. The number of carbonyl (C=O) groups is 2. The average Bonchev–Trinajstić information content (AvgIpc) is 2.29. The van der Waals surface area contributed by atoms with Crippen LogP contribution >= 0.6 is 12.4 Å². The second-order valence-electron chi connectivity index (χ2n) is 4.96. The van der Waals surface area contributed by atoms with Gasteiger partial charge >= 0.3 is 5.97 Å². The minimum Gasteiger partial charge on any atom is -0.508 e. The fraction of sp³-hybridized carbons (Fsp3) is 0.385. The van der Waals surface area contributed by atoms with Gasteiger partial charge < -0.3 is 21.3 Å². The van der Waals surface area contributed by atoms with Crippen molar-refractivity contribution in [2.75, 3.05) is 0 Å². The van der Waals surface area contributed by atoms with Crippen LogP contribution in [0.4, 0.5) is 0 Å². The fourth-order valence-electron chi connectivity index (χ4n) is 1.41. The number of nitrogens with one attached hydrogen (secondary N) is 1. The van der Waals surface area contributed by atoms with Gasteiger partial charge in [0.05, 0.1) is 5.54 Å². The average molecular weight is 303 g/mol. The lowest BCUT2D eigenvalue weighted by Gasteiger charge is -2.22. The highest BCUT2D eigenvalue weighted by atomic mass is 35.5. The summed E-state index contributed by atoms with van der Waals surface area (Å²) in [6.07, 6.45) is 0.122. The Morgan fingerprint density at radius 3 is 2.20 bits per heavy atom. The number of aliphatic carboxylic acids is 1. The van der Waals surface area contributed by atoms with Crippen LogP contribution in [0.5, 0.6) is 5.75 Å². The minimum atomic E-state index is -1.14. The van der Waals surface area contributed by atoms with Gasteiger partial charge in [0.15, 0.2) is 0 Å². The molecule has 1 aromatic carbocycles. The van der Waals surface area contributed by atoms with E-state index < -0.39 is 23.5 Å². The van der Waals surface area contributed by atoms with Gasteiger partial charge in [0.25, 0.3) is 0 Å². The first kappa shape index (κ1) is 18.2. The molecule has 20 heavy (non-hydrogen) atoms. The zero-order chi connectivity index (χ0) is 14.6. The first-order valence-corrected chi connectivity index (χ1v) is 5.80. The van der Waals surface area contributed by atoms with E-state index in [9.17, 15) is 9.59 Å². The van der Waals surface area contributed by atoms with Crippen LogP contribution in [0.25, 0.3) is 0 Å². The predicted molar refractivity (Wildman–Crippen MR) is 76.9 cm³/mol. The second-order valence-corrected chi connectivity index (χ2v) is 4.96. The number of hydrogen-bond donors (Lipinski definition) is 4. The maximum Gasteiger partial charge on any atom is 0.326 e. The molecule has 1 aromatic rings. The predicted octanol–water partition coefficient (Wildman–Crippen LogP) is 0.663. The van der Waals surface area contributed by atoms with E-state index >= 15 is 0 Å². The number of hydrogen-bond acceptors (Lipinski definition) is 4. The molecule has 112 valence electrons. The zero-order valence-corrected chi connectivity index (χ0v) is 12.1. The highest BCUT2D eigenvalue weighted by Crippen LogP contribution is 2.11. The summed E-state index contributed by atoms with van der Waals surface area (Å²) in [5.41, 5.74) is 5.16. The number of halogens is 1. The Morgan fingerprint density at radius 1 is 1.30 bits per heavy atom. The van der Waals surface area contributed by atoms with Crippen LogP contribution in [-0.2, 0) is 16.0 Å². The van der Waals surface area contributed by atoms with Crippen molar-refractivity contribution in [3.8, 4) is 5.75 Å². The lowest BCUT2D eigenvalue weighted by Crippen LogP contribution is -2.54. The molecular weight excluding hydrogens is 284 g/mol. The van der Waals surface area contributed by atoms with Crippen molar-refractivity contribution < 1.29 is 19.8 Å². The molecule has 0 bridgehead atoms. The van der Waals surface area contributed by atoms with Crippen molar-refractivity contribution >= 4 is 24.3 Å². The van der Waals surface area contributed by atoms with Gasteiger partial charge in [-0.25, -0.2) is 4.79 Å². The third-order valence-corrected chi connectivity index (χ3v) is 2.56. The lowest BCUT2D eigenvalue weighted by molar-refractivity contribution is -0.142. The number of phenols is 1. The molecule has 0 aliphatic heterocycles. The number of benzene rings is 1. The van der Waals surface area contributed by atoms with E-state index in [1.807, 2.05) is 0 Å². The van der Waals surface area contributed by atoms with E-state index in [1.165, 1.54) is 26.0 Å². The monoisotopic (exact) mass is 302 g/mol. The van der Waals surface area contributed by atoms with Gasteiger partial charge in [0.1, 0.15) is 11.8 Å². The van der Waals surface area contributed by atoms with Crippen molar-refractivity contribution in [3.63, 3.8) is 0 Å². The minimum absolute atomic E-state index is 0. The summed E-state index contributed by atoms with van der Waals surface area (Å²) in [7, 11) is 0. The van der Waals surface area contributed by atoms with E-state index in [0.29, 0.717) is 5.56 Å². The van der Waals surface area contributed by atoms with Gasteiger partial charge in [-0.15, -0.1) is 12.4 Å². The Balaban J connectivity index is 0.00000361. The summed E-state index contributed by atoms with van der Waals surface area (Å²) in [6, 6.07) is 5.07. The summed E-state index contributed by atoms with van der Waals surface area (Å²) < 4.78 is 0. The molecule has 5 N–H and O–H groups in total. The van der Waals surface area contributed by atoms with Gasteiger partial charge in [-0.1, -0.05) is 12.1 Å². The number of carboxylic acid groups (broad SMARTS) is 1. The van der Waals surface area contributed by atoms with Crippen molar-refractivity contribution in [2.45, 2.75) is 31.8 Å². The smallest absolute Gasteiger partial charge is 0.326 e. The van der Waals surface area contributed by atoms with Crippen LogP contribution in [0.3, 0.4) is 0 Å². The van der Waals surface area contributed by atoms with Crippen molar-refractivity contribution in [1.29, 1.82) is 0 Å². The molecular formula is C13H19ClN2O4. The topological polar surface area (TPSA) is 113 Å². The number of rotatable bonds is 5. The molecule has 0 aliphatic rings. The molecule has 1 amide bonds. The molecule has 1 unspecified atom stereocenters. The first-order valence-electron chi connectivity index (χ1n) is 5.80. The van der Waals surface area contributed by atoms with Gasteiger partial charge in [-0.2, -0.15) is 0 Å². The summed E-state index contributed by atoms with van der Waals surface area (Å²) in [5.74, 6) is -1.56. The lowest BCUT2D eigenvalue weighted by atomic mass is 10.0. The van der Waals surface area contributed by atoms with Crippen LogP contribution in [0, 0.1) is 0 Å². The molecule has 0 aromatic heterocycles. The van der Waals surface area contributed by atoms with Crippen LogP contribution in [0.2, 0.25) is 0 Å². The maximum atomic E-state index is 11.7. The second kappa shape index (κ2) is 7.12. The number of aromatic hydroxyl groups is 1. The summed E-state index contributed by atoms with van der Waals surface area (Å²) >= 11 is 0. The summed E-state index contributed by atoms with van der Waals surface area (Å²) in [5, 5.41) is 20.6. The van der Waals surface area contributed by atoms with Gasteiger partial charge in [-0.05, 0) is 31.5 Å². The Morgan fingerprint density at radius 2 is 1.80 bits per heavy atom. The van der Waals surface area contributed by atoms with E-state index in [4.69, 9.17) is 15.9 Å². The Kier molecular flexibility index (Phi) is 6.48. The number of carboxylic acids is 1. The standard InChI is InChI=1S/C13H18N2O4.ClH/c1-13(2,14)12(19)15-10(11(17)18)7-8-3-5-9(16)6-4-8;/h3-6,10,16H,7,14H2,1-2H3,(H,15,19)(H,17,18);1H. The van der Waals surface area contributed by atoms with Crippen molar-refractivity contribution in [2.24, 2.45) is 5.73 Å². The third kappa shape index (κ3) is 5.46. The van der Waals surface area contributed by atoms with Gasteiger partial charge in [0, 0.05) is 6.42 Å². The molecule has 0 spiro atoms. The molecule has 6 nitrogen and oxygen atoms in total. The fourth-order valence-corrected chi connectivity index (χ4v) is 1.41.